The summed E-state index contributed by atoms with van der Waals surface area (Å²) in [5, 5.41) is 11.1. The molecule has 5 rings (SSSR count). The van der Waals surface area contributed by atoms with Gasteiger partial charge in [-0.15, -0.1) is 10.2 Å². The van der Waals surface area contributed by atoms with Crippen molar-refractivity contribution in [3.63, 3.8) is 0 Å². The number of amides is 2. The fourth-order valence-corrected chi connectivity index (χ4v) is 4.07. The second-order valence-electron chi connectivity index (χ2n) is 8.42. The first-order chi connectivity index (χ1) is 16.6. The van der Waals surface area contributed by atoms with E-state index in [0.29, 0.717) is 42.4 Å². The van der Waals surface area contributed by atoms with Crippen molar-refractivity contribution >= 4 is 11.8 Å². The molecule has 1 N–H and O–H groups in total. The summed E-state index contributed by atoms with van der Waals surface area (Å²) >= 11 is 0. The Morgan fingerprint density at radius 1 is 0.971 bits per heavy atom. The molecule has 3 aromatic carbocycles. The van der Waals surface area contributed by atoms with E-state index >= 15 is 0 Å². The molecule has 1 aliphatic rings. The fourth-order valence-electron chi connectivity index (χ4n) is 4.07. The summed E-state index contributed by atoms with van der Waals surface area (Å²) < 4.78 is 5.82. The van der Waals surface area contributed by atoms with E-state index in [1.54, 1.807) is 29.2 Å². The summed E-state index contributed by atoms with van der Waals surface area (Å²) in [6.45, 7) is 3.18. The van der Waals surface area contributed by atoms with Crippen molar-refractivity contribution < 1.29 is 14.0 Å². The Kier molecular flexibility index (Phi) is 5.91. The van der Waals surface area contributed by atoms with Gasteiger partial charge < -0.3 is 14.6 Å². The topological polar surface area (TPSA) is 88.3 Å². The maximum atomic E-state index is 12.7. The van der Waals surface area contributed by atoms with Crippen LogP contribution in [0.2, 0.25) is 0 Å². The van der Waals surface area contributed by atoms with Crippen molar-refractivity contribution in [2.75, 3.05) is 6.54 Å². The van der Waals surface area contributed by atoms with E-state index in [0.717, 1.165) is 16.7 Å². The molecule has 4 aromatic rings. The monoisotopic (exact) mass is 452 g/mol. The summed E-state index contributed by atoms with van der Waals surface area (Å²) in [4.78, 5) is 27.3. The van der Waals surface area contributed by atoms with Gasteiger partial charge >= 0.3 is 0 Å². The summed E-state index contributed by atoms with van der Waals surface area (Å²) in [5.74, 6) is 0.493. The Bertz CT molecular complexity index is 1320. The third-order valence-electron chi connectivity index (χ3n) is 5.90. The first-order valence-corrected chi connectivity index (χ1v) is 11.2. The first kappa shape index (κ1) is 21.6. The van der Waals surface area contributed by atoms with E-state index in [1.165, 1.54) is 0 Å². The van der Waals surface area contributed by atoms with Crippen LogP contribution in [0.25, 0.3) is 22.9 Å². The third kappa shape index (κ3) is 4.59. The molecular formula is C27H24N4O3. The van der Waals surface area contributed by atoms with E-state index < -0.39 is 6.04 Å². The molecule has 0 radical (unpaired) electrons. The zero-order valence-electron chi connectivity index (χ0n) is 18.8. The highest BCUT2D eigenvalue weighted by Crippen LogP contribution is 2.25. The number of benzene rings is 3. The van der Waals surface area contributed by atoms with Gasteiger partial charge in [0.2, 0.25) is 17.7 Å². The number of hydrogen-bond acceptors (Lipinski definition) is 5. The Hall–Kier alpha value is -4.26. The molecular weight excluding hydrogens is 428 g/mol. The van der Waals surface area contributed by atoms with E-state index in [2.05, 4.69) is 15.5 Å². The lowest BCUT2D eigenvalue weighted by Crippen LogP contribution is -2.41. The summed E-state index contributed by atoms with van der Waals surface area (Å²) in [7, 11) is 0. The average Bonchev–Trinajstić information content (AvgIpc) is 3.48. The molecule has 0 unspecified atom stereocenters. The summed E-state index contributed by atoms with van der Waals surface area (Å²) in [6.07, 6.45) is 0.596. The second kappa shape index (κ2) is 9.31. The van der Waals surface area contributed by atoms with E-state index in [-0.39, 0.29) is 11.8 Å². The van der Waals surface area contributed by atoms with Gasteiger partial charge in [0.15, 0.2) is 0 Å². The van der Waals surface area contributed by atoms with Gasteiger partial charge in [-0.25, -0.2) is 0 Å². The molecule has 1 aromatic heterocycles. The number of carbonyl (C=O) groups is 2. The number of nitrogens with one attached hydrogen (secondary N) is 1. The maximum absolute atomic E-state index is 12.7. The van der Waals surface area contributed by atoms with Crippen molar-refractivity contribution in [3.8, 4) is 22.9 Å². The van der Waals surface area contributed by atoms with Crippen LogP contribution in [0.15, 0.2) is 83.3 Å². The van der Waals surface area contributed by atoms with Crippen molar-refractivity contribution in [1.82, 2.24) is 20.4 Å². The average molecular weight is 453 g/mol. The van der Waals surface area contributed by atoms with Crippen molar-refractivity contribution in [1.29, 1.82) is 0 Å². The third-order valence-corrected chi connectivity index (χ3v) is 5.90. The molecule has 170 valence electrons. The van der Waals surface area contributed by atoms with Crippen LogP contribution >= 0.6 is 0 Å². The Morgan fingerprint density at radius 3 is 2.44 bits per heavy atom. The predicted molar refractivity (Wildman–Crippen MR) is 128 cm³/mol. The van der Waals surface area contributed by atoms with E-state index in [9.17, 15) is 9.59 Å². The van der Waals surface area contributed by atoms with Crippen LogP contribution in [-0.4, -0.2) is 39.5 Å². The standard InChI is InChI=1S/C27H24N4O3/c1-18-6-5-9-22(16-18)26-30-29-25(34-26)21-12-10-20(11-13-21)24(32)28-23-14-15-31(27(23)33)17-19-7-3-2-4-8-19/h2-13,16,23H,14-15,17H2,1H3,(H,28,32)/t23-/m0/s1. The zero-order chi connectivity index (χ0) is 23.5. The van der Waals surface area contributed by atoms with Gasteiger partial charge in [-0.3, -0.25) is 9.59 Å². The number of aromatic nitrogens is 2. The minimum atomic E-state index is -0.510. The quantitative estimate of drug-likeness (QED) is 0.473. The van der Waals surface area contributed by atoms with Gasteiger partial charge in [0.1, 0.15) is 6.04 Å². The molecule has 0 saturated carbocycles. The number of likely N-dealkylation sites (tertiary alicyclic amines) is 1. The Morgan fingerprint density at radius 2 is 1.71 bits per heavy atom. The largest absolute Gasteiger partial charge is 0.416 e. The molecule has 2 heterocycles. The number of hydrogen-bond donors (Lipinski definition) is 1. The highest BCUT2D eigenvalue weighted by atomic mass is 16.4. The van der Waals surface area contributed by atoms with Crippen molar-refractivity contribution in [2.24, 2.45) is 0 Å². The Labute approximate surface area is 197 Å². The lowest BCUT2D eigenvalue weighted by Gasteiger charge is -2.17. The first-order valence-electron chi connectivity index (χ1n) is 11.2. The van der Waals surface area contributed by atoms with Crippen LogP contribution in [0.1, 0.15) is 27.9 Å². The molecule has 7 heteroatoms. The molecule has 0 aliphatic carbocycles. The smallest absolute Gasteiger partial charge is 0.251 e. The number of nitrogens with zero attached hydrogens (tertiary/aromatic N) is 3. The molecule has 1 fully saturated rings. The van der Waals surface area contributed by atoms with Crippen LogP contribution in [0.4, 0.5) is 0 Å². The molecule has 34 heavy (non-hydrogen) atoms. The molecule has 1 aliphatic heterocycles. The highest BCUT2D eigenvalue weighted by molar-refractivity contribution is 5.98. The molecule has 1 saturated heterocycles. The fraction of sp³-hybridized carbons (Fsp3) is 0.185. The van der Waals surface area contributed by atoms with Crippen LogP contribution in [-0.2, 0) is 11.3 Å². The molecule has 7 nitrogen and oxygen atoms in total. The minimum Gasteiger partial charge on any atom is -0.416 e. The van der Waals surface area contributed by atoms with Crippen LogP contribution in [0.5, 0.6) is 0 Å². The lowest BCUT2D eigenvalue weighted by atomic mass is 10.1. The zero-order valence-corrected chi connectivity index (χ0v) is 18.8. The van der Waals surface area contributed by atoms with Crippen LogP contribution in [0, 0.1) is 6.92 Å². The van der Waals surface area contributed by atoms with Crippen LogP contribution < -0.4 is 5.32 Å². The lowest BCUT2D eigenvalue weighted by molar-refractivity contribution is -0.129. The van der Waals surface area contributed by atoms with Gasteiger partial charge in [-0.05, 0) is 55.3 Å². The number of rotatable bonds is 6. The molecule has 1 atom stereocenters. The minimum absolute atomic E-state index is 0.0524. The van der Waals surface area contributed by atoms with E-state index in [1.807, 2.05) is 61.5 Å². The predicted octanol–water partition coefficient (Wildman–Crippen LogP) is 4.24. The summed E-state index contributed by atoms with van der Waals surface area (Å²) in [5.41, 5.74) is 4.23. The number of carbonyl (C=O) groups excluding carboxylic acids is 2. The van der Waals surface area contributed by atoms with Gasteiger partial charge in [-0.2, -0.15) is 0 Å². The summed E-state index contributed by atoms with van der Waals surface area (Å²) in [6, 6.07) is 24.1. The molecule has 0 bridgehead atoms. The Balaban J connectivity index is 1.22. The SMILES string of the molecule is Cc1cccc(-c2nnc(-c3ccc(C(=O)N[C@H]4CCN(Cc5ccccc5)C4=O)cc3)o2)c1. The second-order valence-corrected chi connectivity index (χ2v) is 8.42. The van der Waals surface area contributed by atoms with Gasteiger partial charge in [-0.1, -0.05) is 48.0 Å². The number of aryl methyl sites for hydroxylation is 1. The van der Waals surface area contributed by atoms with Crippen molar-refractivity contribution in [3.05, 3.63) is 95.6 Å². The van der Waals surface area contributed by atoms with Crippen molar-refractivity contribution in [2.45, 2.75) is 25.9 Å². The van der Waals surface area contributed by atoms with Gasteiger partial charge in [0, 0.05) is 29.8 Å². The maximum Gasteiger partial charge on any atom is 0.251 e. The normalized spacial score (nSPS) is 15.5. The van der Waals surface area contributed by atoms with Gasteiger partial charge in [0.05, 0.1) is 0 Å². The van der Waals surface area contributed by atoms with E-state index in [4.69, 9.17) is 4.42 Å². The highest BCUT2D eigenvalue weighted by Gasteiger charge is 2.32. The molecule has 2 amide bonds. The van der Waals surface area contributed by atoms with Gasteiger partial charge in [0.25, 0.3) is 5.91 Å². The molecule has 0 spiro atoms. The van der Waals surface area contributed by atoms with Crippen LogP contribution in [0.3, 0.4) is 0 Å².